The maximum atomic E-state index is 13.0. The van der Waals surface area contributed by atoms with Gasteiger partial charge in [-0.2, -0.15) is 5.26 Å². The molecule has 0 bridgehead atoms. The highest BCUT2D eigenvalue weighted by Crippen LogP contribution is 2.30. The SMILES string of the molecule is CCOC(=O)c1c(C#N)ncc(CBr)c1C(F)F. The molecule has 0 aliphatic carbocycles. The Labute approximate surface area is 111 Å². The van der Waals surface area contributed by atoms with E-state index in [-0.39, 0.29) is 23.2 Å². The minimum Gasteiger partial charge on any atom is -0.462 e. The molecule has 0 aliphatic rings. The van der Waals surface area contributed by atoms with Gasteiger partial charge >= 0.3 is 5.97 Å². The molecular formula is C11H9BrF2N2O2. The number of alkyl halides is 3. The van der Waals surface area contributed by atoms with Crippen molar-refractivity contribution in [1.82, 2.24) is 4.98 Å². The number of esters is 1. The van der Waals surface area contributed by atoms with Crippen LogP contribution in [-0.2, 0) is 10.1 Å². The summed E-state index contributed by atoms with van der Waals surface area (Å²) in [4.78, 5) is 15.3. The molecular weight excluding hydrogens is 310 g/mol. The number of nitrogens with zero attached hydrogens (tertiary/aromatic N) is 2. The summed E-state index contributed by atoms with van der Waals surface area (Å²) in [6, 6.07) is 1.62. The van der Waals surface area contributed by atoms with Gasteiger partial charge in [0, 0.05) is 17.1 Å². The fourth-order valence-corrected chi connectivity index (χ4v) is 1.86. The zero-order valence-corrected chi connectivity index (χ0v) is 11.0. The zero-order valence-electron chi connectivity index (χ0n) is 9.41. The van der Waals surface area contributed by atoms with E-state index in [0.29, 0.717) is 0 Å². The Hall–Kier alpha value is -1.55. The summed E-state index contributed by atoms with van der Waals surface area (Å²) in [5.41, 5.74) is -1.15. The molecule has 4 nitrogen and oxygen atoms in total. The van der Waals surface area contributed by atoms with Crippen molar-refractivity contribution < 1.29 is 18.3 Å². The first-order valence-electron chi connectivity index (χ1n) is 4.99. The van der Waals surface area contributed by atoms with E-state index in [2.05, 4.69) is 25.7 Å². The van der Waals surface area contributed by atoms with Crippen molar-refractivity contribution in [2.45, 2.75) is 18.7 Å². The normalized spacial score (nSPS) is 10.2. The van der Waals surface area contributed by atoms with E-state index in [9.17, 15) is 13.6 Å². The van der Waals surface area contributed by atoms with Gasteiger partial charge in [-0.05, 0) is 12.5 Å². The van der Waals surface area contributed by atoms with Crippen LogP contribution in [0.15, 0.2) is 6.20 Å². The molecule has 7 heteroatoms. The van der Waals surface area contributed by atoms with E-state index in [1.54, 1.807) is 13.0 Å². The van der Waals surface area contributed by atoms with Gasteiger partial charge < -0.3 is 4.74 Å². The molecule has 1 rings (SSSR count). The molecule has 0 aromatic carbocycles. The highest BCUT2D eigenvalue weighted by molar-refractivity contribution is 9.08. The number of carbonyl (C=O) groups is 1. The lowest BCUT2D eigenvalue weighted by Crippen LogP contribution is -2.14. The molecule has 1 aromatic rings. The molecule has 18 heavy (non-hydrogen) atoms. The molecule has 0 atom stereocenters. The van der Waals surface area contributed by atoms with Crippen LogP contribution in [0.4, 0.5) is 8.78 Å². The lowest BCUT2D eigenvalue weighted by atomic mass is 10.0. The smallest absolute Gasteiger partial charge is 0.341 e. The Bertz CT molecular complexity index is 501. The first-order valence-corrected chi connectivity index (χ1v) is 6.12. The Balaban J connectivity index is 3.51. The molecule has 0 unspecified atom stereocenters. The van der Waals surface area contributed by atoms with Crippen LogP contribution in [0.5, 0.6) is 0 Å². The summed E-state index contributed by atoms with van der Waals surface area (Å²) in [6.45, 7) is 1.58. The van der Waals surface area contributed by atoms with Crippen molar-refractivity contribution in [3.63, 3.8) is 0 Å². The van der Waals surface area contributed by atoms with Gasteiger partial charge in [0.25, 0.3) is 6.43 Å². The van der Waals surface area contributed by atoms with Gasteiger partial charge in [-0.25, -0.2) is 18.6 Å². The minimum absolute atomic E-state index is 0.0327. The Kier molecular flexibility index (Phi) is 5.16. The van der Waals surface area contributed by atoms with E-state index >= 15 is 0 Å². The summed E-state index contributed by atoms with van der Waals surface area (Å²) < 4.78 is 30.7. The van der Waals surface area contributed by atoms with Crippen LogP contribution >= 0.6 is 15.9 Å². The highest BCUT2D eigenvalue weighted by atomic mass is 79.9. The molecule has 0 amide bonds. The maximum absolute atomic E-state index is 13.0. The van der Waals surface area contributed by atoms with Gasteiger partial charge in [-0.3, -0.25) is 0 Å². The number of aromatic nitrogens is 1. The van der Waals surface area contributed by atoms with Crippen molar-refractivity contribution in [2.24, 2.45) is 0 Å². The van der Waals surface area contributed by atoms with Crippen LogP contribution in [0.1, 0.15) is 40.5 Å². The number of carbonyl (C=O) groups excluding carboxylic acids is 1. The van der Waals surface area contributed by atoms with E-state index in [0.717, 1.165) is 6.20 Å². The van der Waals surface area contributed by atoms with Crippen LogP contribution in [-0.4, -0.2) is 17.6 Å². The number of ether oxygens (including phenoxy) is 1. The van der Waals surface area contributed by atoms with Crippen molar-refractivity contribution in [3.05, 3.63) is 28.6 Å². The fraction of sp³-hybridized carbons (Fsp3) is 0.364. The van der Waals surface area contributed by atoms with Crippen molar-refractivity contribution in [3.8, 4) is 6.07 Å². The Morgan fingerprint density at radius 1 is 1.67 bits per heavy atom. The van der Waals surface area contributed by atoms with Gasteiger partial charge in [-0.15, -0.1) is 0 Å². The average molecular weight is 319 g/mol. The largest absolute Gasteiger partial charge is 0.462 e. The lowest BCUT2D eigenvalue weighted by Gasteiger charge is -2.12. The second-order valence-corrected chi connectivity index (χ2v) is 3.75. The zero-order chi connectivity index (χ0) is 13.7. The first kappa shape index (κ1) is 14.5. The van der Waals surface area contributed by atoms with Crippen molar-refractivity contribution >= 4 is 21.9 Å². The molecule has 0 fully saturated rings. The lowest BCUT2D eigenvalue weighted by molar-refractivity contribution is 0.0514. The molecule has 0 saturated heterocycles. The standard InChI is InChI=1S/C11H9BrF2N2O2/c1-2-18-11(17)9-7(4-15)16-5-6(3-12)8(9)10(13)14/h5,10H,2-3H2,1H3. The molecule has 0 radical (unpaired) electrons. The maximum Gasteiger partial charge on any atom is 0.341 e. The molecule has 0 N–H and O–H groups in total. The summed E-state index contributed by atoms with van der Waals surface area (Å²) in [5.74, 6) is -0.959. The van der Waals surface area contributed by atoms with Gasteiger partial charge in [0.15, 0.2) is 5.69 Å². The van der Waals surface area contributed by atoms with Crippen molar-refractivity contribution in [2.75, 3.05) is 6.61 Å². The van der Waals surface area contributed by atoms with Crippen LogP contribution in [0.2, 0.25) is 0 Å². The molecule has 96 valence electrons. The number of hydrogen-bond donors (Lipinski definition) is 0. The van der Waals surface area contributed by atoms with Gasteiger partial charge in [0.2, 0.25) is 0 Å². The van der Waals surface area contributed by atoms with E-state index in [4.69, 9.17) is 5.26 Å². The minimum atomic E-state index is -2.88. The van der Waals surface area contributed by atoms with Gasteiger partial charge in [0.05, 0.1) is 6.61 Å². The molecule has 0 spiro atoms. The van der Waals surface area contributed by atoms with Gasteiger partial charge in [0.1, 0.15) is 11.6 Å². The van der Waals surface area contributed by atoms with E-state index < -0.39 is 23.5 Å². The summed E-state index contributed by atoms with van der Waals surface area (Å²) in [6.07, 6.45) is -1.73. The monoisotopic (exact) mass is 318 g/mol. The van der Waals surface area contributed by atoms with Crippen LogP contribution in [0.3, 0.4) is 0 Å². The van der Waals surface area contributed by atoms with Crippen LogP contribution < -0.4 is 0 Å². The van der Waals surface area contributed by atoms with E-state index in [1.807, 2.05) is 0 Å². The third kappa shape index (κ3) is 2.82. The Morgan fingerprint density at radius 3 is 2.78 bits per heavy atom. The van der Waals surface area contributed by atoms with Gasteiger partial charge in [-0.1, -0.05) is 15.9 Å². The number of halogens is 3. The fourth-order valence-electron chi connectivity index (χ4n) is 1.42. The topological polar surface area (TPSA) is 63.0 Å². The van der Waals surface area contributed by atoms with E-state index in [1.165, 1.54) is 0 Å². The third-order valence-corrected chi connectivity index (χ3v) is 2.75. The number of hydrogen-bond acceptors (Lipinski definition) is 4. The van der Waals surface area contributed by atoms with Crippen molar-refractivity contribution in [1.29, 1.82) is 5.26 Å². The third-order valence-electron chi connectivity index (χ3n) is 2.15. The molecule has 0 aliphatic heterocycles. The summed E-state index contributed by atoms with van der Waals surface area (Å²) >= 11 is 3.04. The number of rotatable bonds is 4. The predicted molar refractivity (Wildman–Crippen MR) is 62.5 cm³/mol. The molecule has 1 aromatic heterocycles. The highest BCUT2D eigenvalue weighted by Gasteiger charge is 2.27. The summed E-state index contributed by atoms with van der Waals surface area (Å²) in [5, 5.41) is 8.94. The second-order valence-electron chi connectivity index (χ2n) is 3.19. The number of pyridine rings is 1. The second kappa shape index (κ2) is 6.40. The average Bonchev–Trinajstić information content (AvgIpc) is 2.36. The predicted octanol–water partition coefficient (Wildman–Crippen LogP) is 2.96. The number of nitriles is 1. The summed E-state index contributed by atoms with van der Waals surface area (Å²) in [7, 11) is 0. The first-order chi connectivity index (χ1) is 8.56. The quantitative estimate of drug-likeness (QED) is 0.632. The van der Waals surface area contributed by atoms with Crippen LogP contribution in [0, 0.1) is 11.3 Å². The Morgan fingerprint density at radius 2 is 2.33 bits per heavy atom. The molecule has 1 heterocycles. The van der Waals surface area contributed by atoms with Crippen LogP contribution in [0.25, 0.3) is 0 Å². The molecule has 0 saturated carbocycles.